The highest BCUT2D eigenvalue weighted by Crippen LogP contribution is 2.35. The van der Waals surface area contributed by atoms with Gasteiger partial charge in [-0.25, -0.2) is 9.97 Å². The first-order chi connectivity index (χ1) is 20.3. The van der Waals surface area contributed by atoms with Crippen LogP contribution < -0.4 is 15.4 Å². The number of aromatic nitrogens is 2. The van der Waals surface area contributed by atoms with Crippen LogP contribution in [0.4, 0.5) is 30.5 Å². The topological polar surface area (TPSA) is 79.4 Å². The van der Waals surface area contributed by atoms with Gasteiger partial charge in [0.2, 0.25) is 5.95 Å². The lowest BCUT2D eigenvalue weighted by Gasteiger charge is -2.15. The molecule has 2 aliphatic rings. The van der Waals surface area contributed by atoms with E-state index in [2.05, 4.69) is 25.5 Å². The van der Waals surface area contributed by atoms with E-state index < -0.39 is 11.7 Å². The lowest BCUT2D eigenvalue weighted by molar-refractivity contribution is -0.137. The van der Waals surface area contributed by atoms with Crippen LogP contribution in [-0.4, -0.2) is 47.0 Å². The molecule has 42 heavy (non-hydrogen) atoms. The Morgan fingerprint density at radius 1 is 0.976 bits per heavy atom. The molecule has 2 aliphatic heterocycles. The normalized spacial score (nSPS) is 14.8. The summed E-state index contributed by atoms with van der Waals surface area (Å²) < 4.78 is 45.4. The average Bonchev–Trinajstić information content (AvgIpc) is 3.69. The number of fused-ring (bicyclic) bond motifs is 1. The summed E-state index contributed by atoms with van der Waals surface area (Å²) in [6.07, 6.45) is 1.18. The first-order valence-electron chi connectivity index (χ1n) is 14.0. The molecule has 0 saturated carbocycles. The number of likely N-dealkylation sites (tertiary alicyclic amines) is 1. The van der Waals surface area contributed by atoms with Gasteiger partial charge in [0.25, 0.3) is 5.91 Å². The van der Waals surface area contributed by atoms with Crippen molar-refractivity contribution in [3.8, 4) is 17.0 Å². The van der Waals surface area contributed by atoms with E-state index in [0.29, 0.717) is 47.0 Å². The van der Waals surface area contributed by atoms with Gasteiger partial charge >= 0.3 is 6.18 Å². The van der Waals surface area contributed by atoms with Crippen LogP contribution in [-0.2, 0) is 19.0 Å². The summed E-state index contributed by atoms with van der Waals surface area (Å²) in [4.78, 5) is 24.5. The number of carbonyl (C=O) groups is 1. The van der Waals surface area contributed by atoms with Gasteiger partial charge in [0.15, 0.2) is 0 Å². The van der Waals surface area contributed by atoms with E-state index >= 15 is 0 Å². The summed E-state index contributed by atoms with van der Waals surface area (Å²) >= 11 is 0. The monoisotopic (exact) mass is 573 g/mol. The number of hydrogen-bond donors (Lipinski definition) is 2. The Balaban J connectivity index is 1.18. The zero-order chi connectivity index (χ0) is 29.1. The lowest BCUT2D eigenvalue weighted by atomic mass is 10.1. The molecule has 0 spiro atoms. The Kier molecular flexibility index (Phi) is 7.80. The summed E-state index contributed by atoms with van der Waals surface area (Å²) in [5, 5.41) is 6.08. The van der Waals surface area contributed by atoms with E-state index in [-0.39, 0.29) is 11.9 Å². The van der Waals surface area contributed by atoms with Crippen LogP contribution in [0.25, 0.3) is 11.3 Å². The molecule has 216 valence electrons. The second-order valence-electron chi connectivity index (χ2n) is 10.5. The fourth-order valence-electron chi connectivity index (χ4n) is 5.36. The maximum Gasteiger partial charge on any atom is 0.416 e. The summed E-state index contributed by atoms with van der Waals surface area (Å²) in [5.41, 5.74) is 3.64. The fourth-order valence-corrected chi connectivity index (χ4v) is 5.36. The van der Waals surface area contributed by atoms with Gasteiger partial charge in [-0.1, -0.05) is 24.3 Å². The number of benzene rings is 3. The van der Waals surface area contributed by atoms with Crippen molar-refractivity contribution in [3.63, 3.8) is 0 Å². The fraction of sp³-hybridized carbons (Fsp3) is 0.281. The number of alkyl halides is 3. The van der Waals surface area contributed by atoms with Crippen LogP contribution in [0.5, 0.6) is 5.75 Å². The molecule has 10 heteroatoms. The van der Waals surface area contributed by atoms with Crippen molar-refractivity contribution >= 4 is 23.2 Å². The highest BCUT2D eigenvalue weighted by atomic mass is 19.4. The lowest BCUT2D eigenvalue weighted by Crippen LogP contribution is -2.21. The second-order valence-corrected chi connectivity index (χ2v) is 10.5. The number of amides is 1. The van der Waals surface area contributed by atoms with Crippen LogP contribution in [0, 0.1) is 0 Å². The largest absolute Gasteiger partial charge is 0.492 e. The molecule has 7 nitrogen and oxygen atoms in total. The molecule has 0 atom stereocenters. The van der Waals surface area contributed by atoms with Crippen molar-refractivity contribution in [2.45, 2.75) is 31.9 Å². The molecule has 0 unspecified atom stereocenters. The van der Waals surface area contributed by atoms with Gasteiger partial charge in [-0.3, -0.25) is 4.79 Å². The van der Waals surface area contributed by atoms with E-state index in [1.807, 2.05) is 30.3 Å². The Bertz CT molecular complexity index is 1580. The molecule has 4 aromatic rings. The second kappa shape index (κ2) is 11.8. The van der Waals surface area contributed by atoms with Gasteiger partial charge in [-0.2, -0.15) is 13.2 Å². The van der Waals surface area contributed by atoms with E-state index in [1.165, 1.54) is 43.8 Å². The number of rotatable bonds is 8. The molecule has 1 amide bonds. The van der Waals surface area contributed by atoms with Crippen molar-refractivity contribution in [2.75, 3.05) is 36.9 Å². The van der Waals surface area contributed by atoms with Gasteiger partial charge in [-0.05, 0) is 80.4 Å². The van der Waals surface area contributed by atoms with Gasteiger partial charge in [0.05, 0.1) is 23.4 Å². The number of ether oxygens (including phenoxy) is 1. The Hall–Kier alpha value is -4.44. The average molecular weight is 574 g/mol. The molecule has 1 aromatic heterocycles. The molecule has 1 fully saturated rings. The molecule has 0 aliphatic carbocycles. The first kappa shape index (κ1) is 27.7. The zero-order valence-electron chi connectivity index (χ0n) is 22.9. The van der Waals surface area contributed by atoms with Crippen molar-refractivity contribution in [1.82, 2.24) is 14.9 Å². The van der Waals surface area contributed by atoms with E-state index in [9.17, 15) is 18.0 Å². The quantitative estimate of drug-likeness (QED) is 0.243. The summed E-state index contributed by atoms with van der Waals surface area (Å²) in [7, 11) is 0. The summed E-state index contributed by atoms with van der Waals surface area (Å²) in [6, 6.07) is 18.0. The van der Waals surface area contributed by atoms with Gasteiger partial charge in [-0.15, -0.1) is 0 Å². The smallest absolute Gasteiger partial charge is 0.416 e. The molecule has 6 rings (SSSR count). The number of carbonyl (C=O) groups excluding carboxylic acids is 1. The van der Waals surface area contributed by atoms with Gasteiger partial charge in [0, 0.05) is 41.7 Å². The summed E-state index contributed by atoms with van der Waals surface area (Å²) in [5.74, 6) is 0.429. The number of hydrogen-bond acceptors (Lipinski definition) is 6. The Morgan fingerprint density at radius 3 is 2.57 bits per heavy atom. The number of nitrogens with one attached hydrogen (secondary N) is 2. The highest BCUT2D eigenvalue weighted by Gasteiger charge is 2.30. The highest BCUT2D eigenvalue weighted by molar-refractivity contribution is 6.07. The van der Waals surface area contributed by atoms with Crippen molar-refractivity contribution in [3.05, 3.63) is 95.2 Å². The molecule has 1 saturated heterocycles. The molecule has 2 N–H and O–H groups in total. The van der Waals surface area contributed by atoms with Crippen molar-refractivity contribution < 1.29 is 22.7 Å². The van der Waals surface area contributed by atoms with Crippen LogP contribution >= 0.6 is 0 Å². The zero-order valence-corrected chi connectivity index (χ0v) is 22.9. The SMILES string of the molecule is O=C(Nc1ccc(CCN2CCCC2)cc1)c1cc(Nc2nccc(-c3cccc(C(F)(F)F)c3)n2)cc2c1OCC2. The molecular formula is C32H30F3N5O2. The molecular weight excluding hydrogens is 543 g/mol. The summed E-state index contributed by atoms with van der Waals surface area (Å²) in [6.45, 7) is 3.84. The van der Waals surface area contributed by atoms with Crippen LogP contribution in [0.1, 0.15) is 39.9 Å². The third-order valence-corrected chi connectivity index (χ3v) is 7.55. The standard InChI is InChI=1S/C32H30F3N5O2/c33-32(34,35)24-5-3-4-22(18-24)28-10-13-36-31(39-28)38-26-19-23-12-17-42-29(23)27(20-26)30(41)37-25-8-6-21(7-9-25)11-16-40-14-1-2-15-40/h3-10,13,18-20H,1-2,11-12,14-17H2,(H,37,41)(H,36,38,39). The van der Waals surface area contributed by atoms with Gasteiger partial charge < -0.3 is 20.3 Å². The minimum atomic E-state index is -4.46. The van der Waals surface area contributed by atoms with Crippen molar-refractivity contribution in [1.29, 1.82) is 0 Å². The number of anilines is 3. The minimum Gasteiger partial charge on any atom is -0.492 e. The third kappa shape index (κ3) is 6.38. The van der Waals surface area contributed by atoms with E-state index in [1.54, 1.807) is 18.2 Å². The Morgan fingerprint density at radius 2 is 1.79 bits per heavy atom. The third-order valence-electron chi connectivity index (χ3n) is 7.55. The van der Waals surface area contributed by atoms with Crippen LogP contribution in [0.2, 0.25) is 0 Å². The Labute approximate surface area is 241 Å². The van der Waals surface area contributed by atoms with E-state index in [4.69, 9.17) is 4.74 Å². The van der Waals surface area contributed by atoms with Gasteiger partial charge in [0.1, 0.15) is 5.75 Å². The molecule has 0 radical (unpaired) electrons. The molecule has 0 bridgehead atoms. The minimum absolute atomic E-state index is 0.194. The maximum absolute atomic E-state index is 13.4. The number of nitrogens with zero attached hydrogens (tertiary/aromatic N) is 3. The van der Waals surface area contributed by atoms with Crippen LogP contribution in [0.3, 0.4) is 0 Å². The van der Waals surface area contributed by atoms with E-state index in [0.717, 1.165) is 30.7 Å². The molecule has 3 heterocycles. The van der Waals surface area contributed by atoms with Crippen LogP contribution in [0.15, 0.2) is 72.9 Å². The maximum atomic E-state index is 13.4. The van der Waals surface area contributed by atoms with Crippen molar-refractivity contribution in [2.24, 2.45) is 0 Å². The number of halogens is 3. The predicted molar refractivity (Wildman–Crippen MR) is 155 cm³/mol. The molecule has 3 aromatic carbocycles. The first-order valence-corrected chi connectivity index (χ1v) is 14.0. The predicted octanol–water partition coefficient (Wildman–Crippen LogP) is 6.73.